The van der Waals surface area contributed by atoms with Crippen molar-refractivity contribution in [2.45, 2.75) is 90.9 Å². The van der Waals surface area contributed by atoms with Crippen LogP contribution in [0, 0.1) is 0 Å². The Balaban J connectivity index is 1.07. The minimum Gasteiger partial charge on any atom is -0.310 e. The van der Waals surface area contributed by atoms with Crippen LogP contribution in [0.3, 0.4) is 0 Å². The lowest BCUT2D eigenvalue weighted by atomic mass is 9.85. The molecule has 0 spiro atoms. The summed E-state index contributed by atoms with van der Waals surface area (Å²) in [6.07, 6.45) is 7.06. The molecule has 0 saturated carbocycles. The summed E-state index contributed by atoms with van der Waals surface area (Å²) < 4.78 is 5.32. The highest BCUT2D eigenvalue weighted by molar-refractivity contribution is 6.32. The van der Waals surface area contributed by atoms with Crippen molar-refractivity contribution in [2.75, 3.05) is 9.80 Å². The molecule has 4 nitrogen and oxygen atoms in total. The summed E-state index contributed by atoms with van der Waals surface area (Å²) in [5, 5.41) is 10.4. The van der Waals surface area contributed by atoms with Crippen LogP contribution in [0.2, 0.25) is 0 Å². The van der Waals surface area contributed by atoms with E-state index in [4.69, 9.17) is 0 Å². The number of nitrogens with zero attached hydrogens (tertiary/aromatic N) is 4. The number of hydrogen-bond acceptors (Lipinski definition) is 2. The first-order valence-electron chi connectivity index (χ1n) is 26.4. The van der Waals surface area contributed by atoms with Gasteiger partial charge in [0.05, 0.1) is 44.5 Å². The van der Waals surface area contributed by atoms with E-state index in [9.17, 15) is 0 Å². The molecule has 2 aliphatic carbocycles. The van der Waals surface area contributed by atoms with Gasteiger partial charge in [-0.05, 0) is 156 Å². The average Bonchev–Trinajstić information content (AvgIpc) is 4.26. The number of benzene rings is 9. The predicted molar refractivity (Wildman–Crippen MR) is 307 cm³/mol. The third-order valence-corrected chi connectivity index (χ3v) is 16.8. The Morgan fingerprint density at radius 3 is 1.17 bits per heavy atom. The number of rotatable bonds is 6. The molecule has 0 radical (unpaired) electrons. The number of aromatic nitrogens is 2. The third-order valence-electron chi connectivity index (χ3n) is 16.8. The van der Waals surface area contributed by atoms with E-state index in [0.29, 0.717) is 0 Å². The van der Waals surface area contributed by atoms with Crippen LogP contribution in [-0.2, 0) is 36.5 Å². The SMILES string of the molecule is CC(C)(C)c1cccc2c3c(N(c4ccccc4)c4ccc5c(c4)CCC5)ccc4c5cc6c(cc5n(c12)c43)c1ccc(N(c2ccccc2)c2ccc3c(c2)CCC3)c2c3cccc(C(C)(C)C)c3n6c12. The van der Waals surface area contributed by atoms with Crippen molar-refractivity contribution in [3.8, 4) is 0 Å². The molecule has 0 bridgehead atoms. The van der Waals surface area contributed by atoms with Crippen LogP contribution < -0.4 is 9.80 Å². The molecule has 4 heterocycles. The Bertz CT molecular complexity index is 4060. The highest BCUT2D eigenvalue weighted by atomic mass is 15.2. The van der Waals surface area contributed by atoms with Crippen molar-refractivity contribution in [3.63, 3.8) is 0 Å². The Morgan fingerprint density at radius 1 is 0.333 bits per heavy atom. The smallest absolute Gasteiger partial charge is 0.0641 e. The largest absolute Gasteiger partial charge is 0.310 e. The Hall–Kier alpha value is -7.82. The summed E-state index contributed by atoms with van der Waals surface area (Å²) in [5.74, 6) is 0. The van der Waals surface area contributed by atoms with E-state index in [-0.39, 0.29) is 10.8 Å². The molecule has 4 heteroatoms. The summed E-state index contributed by atoms with van der Waals surface area (Å²) in [5.41, 5.74) is 23.4. The van der Waals surface area contributed by atoms with Crippen LogP contribution in [0.15, 0.2) is 170 Å². The molecule has 0 amide bonds. The Labute approximate surface area is 421 Å². The van der Waals surface area contributed by atoms with Crippen LogP contribution in [-0.4, -0.2) is 8.80 Å². The number of para-hydroxylation sites is 4. The maximum absolute atomic E-state index is 2.66. The zero-order valence-electron chi connectivity index (χ0n) is 42.2. The van der Waals surface area contributed by atoms with E-state index in [0.717, 1.165) is 12.8 Å². The summed E-state index contributed by atoms with van der Waals surface area (Å²) in [4.78, 5) is 5.06. The molecule has 0 N–H and O–H groups in total. The molecule has 15 rings (SSSR count). The van der Waals surface area contributed by atoms with Gasteiger partial charge in [-0.1, -0.05) is 139 Å². The van der Waals surface area contributed by atoms with Crippen LogP contribution in [0.25, 0.3) is 76.2 Å². The normalized spacial score (nSPS) is 14.2. The number of fused-ring (bicyclic) bond motifs is 14. The molecule has 2 aliphatic rings. The van der Waals surface area contributed by atoms with Gasteiger partial charge in [0.25, 0.3) is 0 Å². The van der Waals surface area contributed by atoms with Crippen molar-refractivity contribution in [2.24, 2.45) is 0 Å². The van der Waals surface area contributed by atoms with Gasteiger partial charge in [0.15, 0.2) is 0 Å². The quantitative estimate of drug-likeness (QED) is 0.165. The van der Waals surface area contributed by atoms with Gasteiger partial charge >= 0.3 is 0 Å². The van der Waals surface area contributed by atoms with Crippen molar-refractivity contribution < 1.29 is 0 Å². The minimum atomic E-state index is -0.0989. The second-order valence-electron chi connectivity index (χ2n) is 23.1. The van der Waals surface area contributed by atoms with E-state index in [2.05, 4.69) is 230 Å². The fourth-order valence-corrected chi connectivity index (χ4v) is 13.6. The number of aryl methyl sites for hydroxylation is 4. The van der Waals surface area contributed by atoms with Crippen LogP contribution in [0.1, 0.15) is 87.8 Å². The molecule has 13 aromatic rings. The molecular formula is C68H58N4. The summed E-state index contributed by atoms with van der Waals surface area (Å²) in [7, 11) is 0. The van der Waals surface area contributed by atoms with Crippen molar-refractivity contribution in [3.05, 3.63) is 203 Å². The van der Waals surface area contributed by atoms with E-state index in [1.54, 1.807) is 0 Å². The second-order valence-corrected chi connectivity index (χ2v) is 23.1. The van der Waals surface area contributed by atoms with Crippen LogP contribution in [0.5, 0.6) is 0 Å². The van der Waals surface area contributed by atoms with Gasteiger partial charge in [0, 0.05) is 65.8 Å². The van der Waals surface area contributed by atoms with E-state index in [1.807, 2.05) is 0 Å². The lowest BCUT2D eigenvalue weighted by Gasteiger charge is -2.27. The van der Waals surface area contributed by atoms with Gasteiger partial charge in [-0.25, -0.2) is 0 Å². The van der Waals surface area contributed by atoms with Crippen LogP contribution >= 0.6 is 0 Å². The van der Waals surface area contributed by atoms with Crippen molar-refractivity contribution in [1.82, 2.24) is 8.80 Å². The maximum atomic E-state index is 2.66. The molecule has 0 fully saturated rings. The average molecular weight is 931 g/mol. The Morgan fingerprint density at radius 2 is 0.750 bits per heavy atom. The fraction of sp³-hybridized carbons (Fsp3) is 0.206. The first kappa shape index (κ1) is 41.9. The first-order valence-corrected chi connectivity index (χ1v) is 26.4. The monoisotopic (exact) mass is 930 g/mol. The van der Waals surface area contributed by atoms with Crippen molar-refractivity contribution >= 4 is 110 Å². The molecule has 0 saturated heterocycles. The lowest BCUT2D eigenvalue weighted by molar-refractivity contribution is 0.594. The van der Waals surface area contributed by atoms with Gasteiger partial charge in [-0.2, -0.15) is 0 Å². The van der Waals surface area contributed by atoms with Crippen LogP contribution in [0.4, 0.5) is 34.1 Å². The summed E-state index contributed by atoms with van der Waals surface area (Å²) >= 11 is 0. The minimum absolute atomic E-state index is 0.0989. The first-order chi connectivity index (χ1) is 35.0. The number of anilines is 6. The summed E-state index contributed by atoms with van der Waals surface area (Å²) in [6.45, 7) is 14.2. The summed E-state index contributed by atoms with van der Waals surface area (Å²) in [6, 6.07) is 65.4. The standard InChI is InChI=1S/C68H58N4/c1-67(2,3)55-27-15-25-51-61-57(69(45-21-9-7-10-22-45)47-31-29-41-17-13-19-43(41)37-47)35-33-49-53-40-60-54(39-59(53)71(63(51)55)65(49)61)50-34-36-58(62-52-26-16-28-56(68(4,5)6)64(52)72(60)66(50)62)70(46-23-11-8-12-24-46)48-32-30-42-18-14-20-44(42)38-48/h7-12,15-16,21-40H,13-14,17-20H2,1-6H3. The zero-order valence-corrected chi connectivity index (χ0v) is 42.2. The van der Waals surface area contributed by atoms with Gasteiger partial charge in [0.1, 0.15) is 0 Å². The van der Waals surface area contributed by atoms with Crippen molar-refractivity contribution in [1.29, 1.82) is 0 Å². The predicted octanol–water partition coefficient (Wildman–Crippen LogP) is 18.5. The molecule has 4 aromatic heterocycles. The fourth-order valence-electron chi connectivity index (χ4n) is 13.6. The van der Waals surface area contributed by atoms with Gasteiger partial charge in [0.2, 0.25) is 0 Å². The molecule has 0 atom stereocenters. The second kappa shape index (κ2) is 14.9. The molecule has 72 heavy (non-hydrogen) atoms. The Kier molecular flexibility index (Phi) is 8.66. The highest BCUT2D eigenvalue weighted by Gasteiger charge is 2.32. The van der Waals surface area contributed by atoms with E-state index >= 15 is 0 Å². The number of hydrogen-bond donors (Lipinski definition) is 0. The third kappa shape index (κ3) is 5.81. The zero-order chi connectivity index (χ0) is 48.4. The highest BCUT2D eigenvalue weighted by Crippen LogP contribution is 2.53. The van der Waals surface area contributed by atoms with Gasteiger partial charge < -0.3 is 18.6 Å². The molecule has 0 aliphatic heterocycles. The molecule has 9 aromatic carbocycles. The van der Waals surface area contributed by atoms with Gasteiger partial charge in [-0.15, -0.1) is 0 Å². The van der Waals surface area contributed by atoms with E-state index in [1.165, 1.54) is 169 Å². The molecular weight excluding hydrogens is 873 g/mol. The topological polar surface area (TPSA) is 15.3 Å². The maximum Gasteiger partial charge on any atom is 0.0641 e. The molecule has 0 unspecified atom stereocenters. The molecule has 350 valence electrons. The van der Waals surface area contributed by atoms with E-state index < -0.39 is 0 Å². The van der Waals surface area contributed by atoms with Gasteiger partial charge in [-0.3, -0.25) is 0 Å². The lowest BCUT2D eigenvalue weighted by Crippen LogP contribution is -2.12.